The molecule has 0 aliphatic carbocycles. The number of aliphatic hydroxyl groups is 3. The molecule has 0 saturated carbocycles. The standard InChI is InChI=1S/C7H15O8P/c1-2-4(8)6(10)7(11)5(9)3-15-16(12,13)14/h5-7,9-11H,2-3H2,1H3,(H2,12,13,14)/p-2/t5-,6-,7-/m1/s1. The molecular weight excluding hydrogens is 243 g/mol. The van der Waals surface area contributed by atoms with Crippen molar-refractivity contribution in [3.05, 3.63) is 0 Å². The van der Waals surface area contributed by atoms with Crippen molar-refractivity contribution in [1.82, 2.24) is 0 Å². The van der Waals surface area contributed by atoms with E-state index in [9.17, 15) is 24.3 Å². The number of rotatable bonds is 7. The highest BCUT2D eigenvalue weighted by molar-refractivity contribution is 7.43. The van der Waals surface area contributed by atoms with E-state index in [1.165, 1.54) is 6.92 Å². The van der Waals surface area contributed by atoms with Gasteiger partial charge in [0.1, 0.15) is 18.3 Å². The first kappa shape index (κ1) is 15.7. The van der Waals surface area contributed by atoms with Crippen LogP contribution in [0.4, 0.5) is 0 Å². The number of hydrogen-bond acceptors (Lipinski definition) is 8. The van der Waals surface area contributed by atoms with Crippen LogP contribution < -0.4 is 9.79 Å². The number of ketones is 1. The van der Waals surface area contributed by atoms with Gasteiger partial charge in [0.05, 0.1) is 14.4 Å². The molecule has 0 aromatic heterocycles. The van der Waals surface area contributed by atoms with Gasteiger partial charge >= 0.3 is 0 Å². The molecule has 3 N–H and O–H groups in total. The maximum absolute atomic E-state index is 10.9. The summed E-state index contributed by atoms with van der Waals surface area (Å²) < 4.78 is 13.7. The predicted octanol–water partition coefficient (Wildman–Crippen LogP) is -3.11. The molecule has 0 aromatic carbocycles. The normalized spacial score (nSPS) is 17.9. The van der Waals surface area contributed by atoms with Crippen molar-refractivity contribution in [2.45, 2.75) is 31.7 Å². The maximum atomic E-state index is 10.9. The Morgan fingerprint density at radius 3 is 2.25 bits per heavy atom. The summed E-state index contributed by atoms with van der Waals surface area (Å²) in [4.78, 5) is 31.0. The lowest BCUT2D eigenvalue weighted by Crippen LogP contribution is -2.44. The third kappa shape index (κ3) is 5.66. The number of carbonyl (C=O) groups excluding carboxylic acids is 1. The van der Waals surface area contributed by atoms with Crippen molar-refractivity contribution in [2.75, 3.05) is 6.61 Å². The summed E-state index contributed by atoms with van der Waals surface area (Å²) in [6.07, 6.45) is -5.66. The Kier molecular flexibility index (Phi) is 6.27. The van der Waals surface area contributed by atoms with E-state index in [2.05, 4.69) is 4.52 Å². The van der Waals surface area contributed by atoms with Crippen LogP contribution in [0.25, 0.3) is 0 Å². The van der Waals surface area contributed by atoms with Gasteiger partial charge in [-0.15, -0.1) is 0 Å². The van der Waals surface area contributed by atoms with Crippen molar-refractivity contribution < 1.29 is 39.0 Å². The molecule has 0 amide bonds. The molecule has 0 bridgehead atoms. The van der Waals surface area contributed by atoms with Gasteiger partial charge in [0, 0.05) is 6.42 Å². The average Bonchev–Trinajstić information content (AvgIpc) is 2.21. The Morgan fingerprint density at radius 1 is 1.38 bits per heavy atom. The zero-order chi connectivity index (χ0) is 12.9. The molecule has 0 aromatic rings. The molecule has 9 heteroatoms. The minimum absolute atomic E-state index is 0.0621. The van der Waals surface area contributed by atoms with Crippen molar-refractivity contribution >= 4 is 13.6 Å². The van der Waals surface area contributed by atoms with Crippen LogP contribution >= 0.6 is 7.82 Å². The molecule has 0 radical (unpaired) electrons. The molecule has 0 aliphatic rings. The van der Waals surface area contributed by atoms with E-state index >= 15 is 0 Å². The quantitative estimate of drug-likeness (QED) is 0.405. The van der Waals surface area contributed by atoms with Crippen LogP contribution in [0.1, 0.15) is 13.3 Å². The van der Waals surface area contributed by atoms with Crippen LogP contribution in [0.5, 0.6) is 0 Å². The molecule has 0 saturated heterocycles. The molecule has 96 valence electrons. The van der Waals surface area contributed by atoms with E-state index in [-0.39, 0.29) is 6.42 Å². The minimum Gasteiger partial charge on any atom is -0.790 e. The van der Waals surface area contributed by atoms with Gasteiger partial charge in [0.25, 0.3) is 0 Å². The fraction of sp³-hybridized carbons (Fsp3) is 0.857. The smallest absolute Gasteiger partial charge is 0.163 e. The first-order chi connectivity index (χ1) is 7.19. The lowest BCUT2D eigenvalue weighted by Gasteiger charge is -2.31. The third-order valence-corrected chi connectivity index (χ3v) is 2.26. The lowest BCUT2D eigenvalue weighted by atomic mass is 10.0. The Bertz CT molecular complexity index is 274. The SMILES string of the molecule is CCC(=O)[C@@H](O)[C@H](O)[C@H](O)COP(=O)([O-])[O-]. The van der Waals surface area contributed by atoms with Gasteiger partial charge in [0.15, 0.2) is 5.78 Å². The monoisotopic (exact) mass is 256 g/mol. The fourth-order valence-corrected chi connectivity index (χ4v) is 1.21. The number of phosphoric ester groups is 1. The highest BCUT2D eigenvalue weighted by atomic mass is 31.2. The molecule has 0 spiro atoms. The maximum Gasteiger partial charge on any atom is 0.163 e. The van der Waals surface area contributed by atoms with Gasteiger partial charge < -0.3 is 34.2 Å². The van der Waals surface area contributed by atoms with Crippen LogP contribution in [0.3, 0.4) is 0 Å². The van der Waals surface area contributed by atoms with Crippen LogP contribution in [0, 0.1) is 0 Å². The molecule has 0 unspecified atom stereocenters. The summed E-state index contributed by atoms with van der Waals surface area (Å²) in [5, 5.41) is 27.4. The van der Waals surface area contributed by atoms with Gasteiger partial charge in [-0.3, -0.25) is 4.79 Å². The highest BCUT2D eigenvalue weighted by Gasteiger charge is 2.29. The molecule has 0 heterocycles. The Labute approximate surface area is 91.7 Å². The first-order valence-electron chi connectivity index (χ1n) is 4.42. The van der Waals surface area contributed by atoms with Crippen molar-refractivity contribution in [2.24, 2.45) is 0 Å². The van der Waals surface area contributed by atoms with Gasteiger partial charge in [-0.1, -0.05) is 6.92 Å². The fourth-order valence-electron chi connectivity index (χ4n) is 0.876. The third-order valence-electron chi connectivity index (χ3n) is 1.80. The van der Waals surface area contributed by atoms with Crippen LogP contribution in [0.15, 0.2) is 0 Å². The van der Waals surface area contributed by atoms with Crippen LogP contribution in [-0.2, 0) is 13.9 Å². The zero-order valence-electron chi connectivity index (χ0n) is 8.48. The van der Waals surface area contributed by atoms with Crippen molar-refractivity contribution in [1.29, 1.82) is 0 Å². The van der Waals surface area contributed by atoms with Crippen LogP contribution in [0.2, 0.25) is 0 Å². The summed E-state index contributed by atoms with van der Waals surface area (Å²) in [6.45, 7) is 0.421. The van der Waals surface area contributed by atoms with Gasteiger partial charge in [-0.25, -0.2) is 0 Å². The number of Topliss-reactive ketones (excluding diaryl/α,β-unsaturated/α-hetero) is 1. The second-order valence-corrected chi connectivity index (χ2v) is 4.22. The van der Waals surface area contributed by atoms with Gasteiger partial charge in [0.2, 0.25) is 0 Å². The van der Waals surface area contributed by atoms with Crippen LogP contribution in [-0.4, -0.2) is 46.0 Å². The number of hydrogen-bond donors (Lipinski definition) is 3. The average molecular weight is 256 g/mol. The molecule has 0 rings (SSSR count). The van der Waals surface area contributed by atoms with E-state index in [0.29, 0.717) is 0 Å². The van der Waals surface area contributed by atoms with Crippen molar-refractivity contribution in [3.63, 3.8) is 0 Å². The van der Waals surface area contributed by atoms with E-state index in [1.54, 1.807) is 0 Å². The molecule has 16 heavy (non-hydrogen) atoms. The largest absolute Gasteiger partial charge is 0.790 e. The Balaban J connectivity index is 4.23. The lowest BCUT2D eigenvalue weighted by molar-refractivity contribution is -0.343. The summed E-state index contributed by atoms with van der Waals surface area (Å²) in [6, 6.07) is 0. The molecular formula is C7H13O8P-2. The second-order valence-electron chi connectivity index (χ2n) is 3.07. The van der Waals surface area contributed by atoms with E-state index in [0.717, 1.165) is 0 Å². The Hall–Kier alpha value is -0.340. The molecule has 8 nitrogen and oxygen atoms in total. The Morgan fingerprint density at radius 2 is 1.88 bits per heavy atom. The zero-order valence-corrected chi connectivity index (χ0v) is 9.37. The van der Waals surface area contributed by atoms with Crippen molar-refractivity contribution in [3.8, 4) is 0 Å². The van der Waals surface area contributed by atoms with E-state index < -0.39 is 38.5 Å². The summed E-state index contributed by atoms with van der Waals surface area (Å²) in [5.41, 5.74) is 0. The number of aliphatic hydroxyl groups excluding tert-OH is 3. The topological polar surface area (TPSA) is 150 Å². The highest BCUT2D eigenvalue weighted by Crippen LogP contribution is 2.24. The van der Waals surface area contributed by atoms with E-state index in [1.807, 2.05) is 0 Å². The minimum atomic E-state index is -5.26. The van der Waals surface area contributed by atoms with Gasteiger partial charge in [-0.05, 0) is 0 Å². The van der Waals surface area contributed by atoms with Gasteiger partial charge in [-0.2, -0.15) is 0 Å². The summed E-state index contributed by atoms with van der Waals surface area (Å²) >= 11 is 0. The summed E-state index contributed by atoms with van der Waals surface area (Å²) in [7, 11) is -5.26. The number of phosphoric acid groups is 1. The molecule has 0 fully saturated rings. The van der Waals surface area contributed by atoms with E-state index in [4.69, 9.17) is 10.2 Å². The molecule has 0 aliphatic heterocycles. The second kappa shape index (κ2) is 6.41. The summed E-state index contributed by atoms with van der Waals surface area (Å²) in [5.74, 6) is -0.723. The first-order valence-corrected chi connectivity index (χ1v) is 5.88. The number of carbonyl (C=O) groups is 1. The molecule has 3 atom stereocenters. The predicted molar refractivity (Wildman–Crippen MR) is 46.9 cm³/mol.